The topological polar surface area (TPSA) is 29.5 Å². The van der Waals surface area contributed by atoms with E-state index in [1.807, 2.05) is 19.2 Å². The van der Waals surface area contributed by atoms with Gasteiger partial charge in [-0.15, -0.1) is 0 Å². The molecule has 1 rings (SSSR count). The van der Waals surface area contributed by atoms with Crippen LogP contribution in [0.1, 0.15) is 38.7 Å². The van der Waals surface area contributed by atoms with Gasteiger partial charge in [-0.25, -0.2) is 0 Å². The highest BCUT2D eigenvalue weighted by Gasteiger charge is 2.15. The minimum absolute atomic E-state index is 0.160. The van der Waals surface area contributed by atoms with Crippen LogP contribution >= 0.6 is 11.6 Å². The van der Waals surface area contributed by atoms with E-state index in [2.05, 4.69) is 13.8 Å². The number of nitrogens with zero attached hydrogens (tertiary/aromatic N) is 1. The number of hydrogen-bond donors (Lipinski definition) is 0. The molecule has 0 radical (unpaired) electrons. The number of carbonyl (C=O) groups is 1. The van der Waals surface area contributed by atoms with Crippen LogP contribution in [-0.4, -0.2) is 25.0 Å². The van der Waals surface area contributed by atoms with E-state index in [9.17, 15) is 4.79 Å². The van der Waals surface area contributed by atoms with Crippen molar-refractivity contribution >= 4 is 17.5 Å². The lowest BCUT2D eigenvalue weighted by molar-refractivity contribution is -0.131. The highest BCUT2D eigenvalue weighted by atomic mass is 35.5. The van der Waals surface area contributed by atoms with E-state index in [1.54, 1.807) is 18.1 Å². The Morgan fingerprint density at radius 3 is 2.75 bits per heavy atom. The highest BCUT2D eigenvalue weighted by molar-refractivity contribution is 6.30. The zero-order valence-corrected chi connectivity index (χ0v) is 13.5. The van der Waals surface area contributed by atoms with Gasteiger partial charge >= 0.3 is 0 Å². The predicted octanol–water partition coefficient (Wildman–Crippen LogP) is 4.13. The number of amides is 1. The van der Waals surface area contributed by atoms with Crippen molar-refractivity contribution in [3.8, 4) is 5.75 Å². The van der Waals surface area contributed by atoms with E-state index in [4.69, 9.17) is 16.3 Å². The second-order valence-electron chi connectivity index (χ2n) is 5.30. The Bertz CT molecular complexity index is 448. The normalized spacial score (nSPS) is 12.1. The Morgan fingerprint density at radius 1 is 1.45 bits per heavy atom. The number of rotatable bonds is 7. The van der Waals surface area contributed by atoms with Crippen LogP contribution in [-0.2, 0) is 11.3 Å². The van der Waals surface area contributed by atoms with Crippen molar-refractivity contribution in [2.75, 3.05) is 14.2 Å². The molecule has 0 saturated heterocycles. The molecule has 0 aliphatic carbocycles. The monoisotopic (exact) mass is 297 g/mol. The minimum Gasteiger partial charge on any atom is -0.496 e. The molecule has 0 fully saturated rings. The van der Waals surface area contributed by atoms with Crippen molar-refractivity contribution < 1.29 is 9.53 Å². The predicted molar refractivity (Wildman–Crippen MR) is 83.2 cm³/mol. The number of methoxy groups -OCH3 is 1. The summed E-state index contributed by atoms with van der Waals surface area (Å²) in [6.07, 6.45) is 2.79. The summed E-state index contributed by atoms with van der Waals surface area (Å²) < 4.78 is 5.30. The van der Waals surface area contributed by atoms with E-state index in [0.717, 1.165) is 24.2 Å². The molecule has 3 nitrogen and oxygen atoms in total. The maximum absolute atomic E-state index is 12.2. The molecule has 0 heterocycles. The lowest BCUT2D eigenvalue weighted by Gasteiger charge is -2.21. The SMILES string of the molecule is CCCC(C)CC(=O)N(C)Cc1cc(Cl)ccc1OC. The molecule has 0 aliphatic heterocycles. The zero-order chi connectivity index (χ0) is 15.1. The summed E-state index contributed by atoms with van der Waals surface area (Å²) in [5.74, 6) is 1.35. The van der Waals surface area contributed by atoms with Crippen LogP contribution in [0.2, 0.25) is 5.02 Å². The molecule has 0 bridgehead atoms. The third-order valence-electron chi connectivity index (χ3n) is 3.38. The smallest absolute Gasteiger partial charge is 0.222 e. The molecule has 1 aromatic carbocycles. The molecule has 0 aliphatic rings. The molecule has 0 saturated carbocycles. The van der Waals surface area contributed by atoms with Crippen molar-refractivity contribution in [3.05, 3.63) is 28.8 Å². The van der Waals surface area contributed by atoms with E-state index >= 15 is 0 Å². The first-order valence-electron chi connectivity index (χ1n) is 7.04. The Labute approximate surface area is 126 Å². The summed E-state index contributed by atoms with van der Waals surface area (Å²) in [6.45, 7) is 4.78. The lowest BCUT2D eigenvalue weighted by Crippen LogP contribution is -2.27. The maximum atomic E-state index is 12.2. The largest absolute Gasteiger partial charge is 0.496 e. The van der Waals surface area contributed by atoms with Crippen LogP contribution < -0.4 is 4.74 Å². The van der Waals surface area contributed by atoms with Gasteiger partial charge in [0.15, 0.2) is 0 Å². The van der Waals surface area contributed by atoms with Crippen LogP contribution in [0.4, 0.5) is 0 Å². The summed E-state index contributed by atoms with van der Waals surface area (Å²) in [5, 5.41) is 0.654. The fraction of sp³-hybridized carbons (Fsp3) is 0.562. The fourth-order valence-corrected chi connectivity index (χ4v) is 2.46. The number of halogens is 1. The van der Waals surface area contributed by atoms with Crippen LogP contribution in [0.5, 0.6) is 5.75 Å². The molecule has 1 aromatic rings. The molecular weight excluding hydrogens is 274 g/mol. The van der Waals surface area contributed by atoms with E-state index < -0.39 is 0 Å². The fourth-order valence-electron chi connectivity index (χ4n) is 2.26. The Balaban J connectivity index is 2.67. The second-order valence-corrected chi connectivity index (χ2v) is 5.74. The number of benzene rings is 1. The van der Waals surface area contributed by atoms with Crippen LogP contribution in [0, 0.1) is 5.92 Å². The molecule has 20 heavy (non-hydrogen) atoms. The molecule has 1 unspecified atom stereocenters. The van der Waals surface area contributed by atoms with Gasteiger partial charge in [0, 0.05) is 30.6 Å². The van der Waals surface area contributed by atoms with Crippen molar-refractivity contribution in [1.29, 1.82) is 0 Å². The Kier molecular flexibility index (Phi) is 6.86. The van der Waals surface area contributed by atoms with Crippen molar-refractivity contribution in [2.45, 2.75) is 39.7 Å². The molecule has 1 atom stereocenters. The second kappa shape index (κ2) is 8.15. The van der Waals surface area contributed by atoms with Crippen LogP contribution in [0.3, 0.4) is 0 Å². The van der Waals surface area contributed by atoms with Crippen molar-refractivity contribution in [3.63, 3.8) is 0 Å². The summed E-state index contributed by atoms with van der Waals surface area (Å²) in [4.78, 5) is 13.9. The van der Waals surface area contributed by atoms with Crippen LogP contribution in [0.25, 0.3) is 0 Å². The van der Waals surface area contributed by atoms with Gasteiger partial charge in [-0.05, 0) is 24.1 Å². The summed E-state index contributed by atoms with van der Waals surface area (Å²) in [6, 6.07) is 5.46. The lowest BCUT2D eigenvalue weighted by atomic mass is 10.0. The number of carbonyl (C=O) groups excluding carboxylic acids is 1. The highest BCUT2D eigenvalue weighted by Crippen LogP contribution is 2.24. The summed E-state index contributed by atoms with van der Waals surface area (Å²) in [5.41, 5.74) is 0.930. The number of hydrogen-bond acceptors (Lipinski definition) is 2. The molecule has 0 spiro atoms. The first-order chi connectivity index (χ1) is 9.47. The van der Waals surface area contributed by atoms with Gasteiger partial charge in [0.2, 0.25) is 5.91 Å². The Hall–Kier alpha value is -1.22. The molecule has 112 valence electrons. The molecule has 1 amide bonds. The molecule has 0 aromatic heterocycles. The standard InChI is InChI=1S/C16H24ClNO2/c1-5-6-12(2)9-16(19)18(3)11-13-10-14(17)7-8-15(13)20-4/h7-8,10,12H,5-6,9,11H2,1-4H3. The molecule has 4 heteroatoms. The summed E-state index contributed by atoms with van der Waals surface area (Å²) in [7, 11) is 3.44. The van der Waals surface area contributed by atoms with E-state index in [-0.39, 0.29) is 5.91 Å². The average molecular weight is 298 g/mol. The first-order valence-corrected chi connectivity index (χ1v) is 7.42. The van der Waals surface area contributed by atoms with Crippen LogP contribution in [0.15, 0.2) is 18.2 Å². The summed E-state index contributed by atoms with van der Waals surface area (Å²) >= 11 is 6.00. The van der Waals surface area contributed by atoms with Gasteiger partial charge in [0.1, 0.15) is 5.75 Å². The molecule has 0 N–H and O–H groups in total. The van der Waals surface area contributed by atoms with Gasteiger partial charge in [0.25, 0.3) is 0 Å². The minimum atomic E-state index is 0.160. The van der Waals surface area contributed by atoms with Gasteiger partial charge < -0.3 is 9.64 Å². The third-order valence-corrected chi connectivity index (χ3v) is 3.62. The average Bonchev–Trinajstić information content (AvgIpc) is 2.39. The van der Waals surface area contributed by atoms with Gasteiger partial charge in [-0.1, -0.05) is 38.3 Å². The van der Waals surface area contributed by atoms with Crippen molar-refractivity contribution in [2.24, 2.45) is 5.92 Å². The first kappa shape index (κ1) is 16.8. The zero-order valence-electron chi connectivity index (χ0n) is 12.8. The number of ether oxygens (including phenoxy) is 1. The van der Waals surface area contributed by atoms with E-state index in [1.165, 1.54) is 0 Å². The molecular formula is C16H24ClNO2. The quantitative estimate of drug-likeness (QED) is 0.757. The van der Waals surface area contributed by atoms with Crippen molar-refractivity contribution in [1.82, 2.24) is 4.90 Å². The van der Waals surface area contributed by atoms with Gasteiger partial charge in [0.05, 0.1) is 7.11 Å². The third kappa shape index (κ3) is 5.04. The van der Waals surface area contributed by atoms with Gasteiger partial charge in [-0.3, -0.25) is 4.79 Å². The van der Waals surface area contributed by atoms with Gasteiger partial charge in [-0.2, -0.15) is 0 Å². The Morgan fingerprint density at radius 2 is 2.15 bits per heavy atom. The maximum Gasteiger partial charge on any atom is 0.222 e. The van der Waals surface area contributed by atoms with E-state index in [0.29, 0.717) is 23.9 Å².